The van der Waals surface area contributed by atoms with Gasteiger partial charge >= 0.3 is 0 Å². The summed E-state index contributed by atoms with van der Waals surface area (Å²) in [6.07, 6.45) is 5.21. The van der Waals surface area contributed by atoms with Crippen LogP contribution < -0.4 is 0 Å². The molecule has 56 valence electrons. The summed E-state index contributed by atoms with van der Waals surface area (Å²) in [5.41, 5.74) is 5.57. The highest BCUT2D eigenvalue weighted by Gasteiger charge is 1.85. The molecule has 0 bridgehead atoms. The van der Waals surface area contributed by atoms with Crippen LogP contribution in [0.25, 0.3) is 0 Å². The minimum absolute atomic E-state index is 1.06. The SMILES string of the molecule is C=CCCCC(C)=C=CCl. The van der Waals surface area contributed by atoms with Gasteiger partial charge in [-0.05, 0) is 31.8 Å². The van der Waals surface area contributed by atoms with Gasteiger partial charge < -0.3 is 0 Å². The number of hydrogen-bond donors (Lipinski definition) is 0. The predicted octanol–water partition coefficient (Wildman–Crippen LogP) is 3.64. The van der Waals surface area contributed by atoms with Gasteiger partial charge in [-0.25, -0.2) is 0 Å². The third-order valence-corrected chi connectivity index (χ3v) is 1.37. The fourth-order valence-electron chi connectivity index (χ4n) is 0.677. The quantitative estimate of drug-likeness (QED) is 0.331. The highest BCUT2D eigenvalue weighted by Crippen LogP contribution is 2.04. The molecule has 10 heavy (non-hydrogen) atoms. The average molecular weight is 157 g/mol. The zero-order valence-electron chi connectivity index (χ0n) is 6.36. The Hall–Kier alpha value is -0.450. The maximum Gasteiger partial charge on any atom is 0.0462 e. The first kappa shape index (κ1) is 9.55. The first-order valence-electron chi connectivity index (χ1n) is 3.43. The van der Waals surface area contributed by atoms with Crippen LogP contribution in [0.3, 0.4) is 0 Å². The zero-order valence-corrected chi connectivity index (χ0v) is 7.12. The maximum atomic E-state index is 5.33. The summed E-state index contributed by atoms with van der Waals surface area (Å²) in [5, 5.41) is 0. The third kappa shape index (κ3) is 5.68. The van der Waals surface area contributed by atoms with E-state index in [1.54, 1.807) is 0 Å². The fraction of sp³-hybridized carbons (Fsp3) is 0.444. The van der Waals surface area contributed by atoms with Crippen molar-refractivity contribution in [1.29, 1.82) is 0 Å². The molecule has 0 N–H and O–H groups in total. The van der Waals surface area contributed by atoms with Crippen LogP contribution in [-0.4, -0.2) is 0 Å². The summed E-state index contributed by atoms with van der Waals surface area (Å²) in [5.74, 6) is 0. The second-order valence-electron chi connectivity index (χ2n) is 2.21. The molecule has 0 atom stereocenters. The summed E-state index contributed by atoms with van der Waals surface area (Å²) >= 11 is 5.33. The first-order valence-corrected chi connectivity index (χ1v) is 3.86. The molecule has 0 aromatic heterocycles. The lowest BCUT2D eigenvalue weighted by atomic mass is 10.1. The predicted molar refractivity (Wildman–Crippen MR) is 47.2 cm³/mol. The van der Waals surface area contributed by atoms with Crippen molar-refractivity contribution in [3.63, 3.8) is 0 Å². The summed E-state index contributed by atoms with van der Waals surface area (Å²) in [7, 11) is 0. The van der Waals surface area contributed by atoms with E-state index in [0.717, 1.165) is 19.3 Å². The molecule has 0 heterocycles. The Morgan fingerprint density at radius 2 is 2.40 bits per heavy atom. The smallest absolute Gasteiger partial charge is 0.0462 e. The first-order chi connectivity index (χ1) is 4.81. The third-order valence-electron chi connectivity index (χ3n) is 1.26. The van der Waals surface area contributed by atoms with E-state index in [1.165, 1.54) is 11.1 Å². The lowest BCUT2D eigenvalue weighted by Gasteiger charge is -1.92. The van der Waals surface area contributed by atoms with Crippen LogP contribution in [0.1, 0.15) is 26.2 Å². The Kier molecular flexibility index (Phi) is 6.37. The van der Waals surface area contributed by atoms with Crippen molar-refractivity contribution >= 4 is 11.6 Å². The highest BCUT2D eigenvalue weighted by atomic mass is 35.5. The molecule has 0 saturated heterocycles. The molecule has 0 unspecified atom stereocenters. The van der Waals surface area contributed by atoms with E-state index < -0.39 is 0 Å². The molecule has 1 heteroatoms. The van der Waals surface area contributed by atoms with Gasteiger partial charge in [-0.2, -0.15) is 0 Å². The van der Waals surface area contributed by atoms with Crippen molar-refractivity contribution in [2.75, 3.05) is 0 Å². The Morgan fingerprint density at radius 1 is 1.70 bits per heavy atom. The van der Waals surface area contributed by atoms with Crippen LogP contribution in [0, 0.1) is 0 Å². The molecular formula is C9H13Cl. The average Bonchev–Trinajstić information content (AvgIpc) is 1.89. The van der Waals surface area contributed by atoms with E-state index in [-0.39, 0.29) is 0 Å². The number of allylic oxidation sites excluding steroid dienone is 2. The van der Waals surface area contributed by atoms with Gasteiger partial charge in [0.2, 0.25) is 0 Å². The second kappa shape index (κ2) is 6.67. The number of hydrogen-bond acceptors (Lipinski definition) is 0. The molecule has 0 aliphatic carbocycles. The van der Waals surface area contributed by atoms with Gasteiger partial charge in [0.05, 0.1) is 0 Å². The maximum absolute atomic E-state index is 5.33. The normalized spacial score (nSPS) is 8.20. The Balaban J connectivity index is 3.49. The second-order valence-corrected chi connectivity index (χ2v) is 2.43. The van der Waals surface area contributed by atoms with Gasteiger partial charge in [-0.1, -0.05) is 17.7 Å². The summed E-state index contributed by atoms with van der Waals surface area (Å²) in [4.78, 5) is 0. The number of unbranched alkanes of at least 4 members (excludes halogenated alkanes) is 1. The Bertz CT molecular complexity index is 150. The van der Waals surface area contributed by atoms with E-state index in [2.05, 4.69) is 12.3 Å². The minimum atomic E-state index is 1.06. The van der Waals surface area contributed by atoms with Crippen LogP contribution >= 0.6 is 11.6 Å². The van der Waals surface area contributed by atoms with Crippen molar-refractivity contribution < 1.29 is 0 Å². The van der Waals surface area contributed by atoms with E-state index in [4.69, 9.17) is 11.6 Å². The van der Waals surface area contributed by atoms with Crippen LogP contribution in [0.5, 0.6) is 0 Å². The summed E-state index contributed by atoms with van der Waals surface area (Å²) < 4.78 is 0. The van der Waals surface area contributed by atoms with E-state index in [1.807, 2.05) is 13.0 Å². The van der Waals surface area contributed by atoms with Gasteiger partial charge in [-0.3, -0.25) is 0 Å². The standard InChI is InChI=1S/C9H13Cl/c1-3-4-5-6-9(2)7-8-10/h3,8H,1,4-6H2,2H3. The van der Waals surface area contributed by atoms with Crippen molar-refractivity contribution in [3.05, 3.63) is 29.5 Å². The molecule has 0 aliphatic rings. The molecule has 0 fully saturated rings. The van der Waals surface area contributed by atoms with Gasteiger partial charge in [0, 0.05) is 5.54 Å². The van der Waals surface area contributed by atoms with Gasteiger partial charge in [-0.15, -0.1) is 12.3 Å². The minimum Gasteiger partial charge on any atom is -0.110 e. The molecule has 0 rings (SSSR count). The van der Waals surface area contributed by atoms with Crippen molar-refractivity contribution in [1.82, 2.24) is 0 Å². The molecule has 0 aromatic carbocycles. The van der Waals surface area contributed by atoms with Crippen LogP contribution in [-0.2, 0) is 0 Å². The monoisotopic (exact) mass is 156 g/mol. The summed E-state index contributed by atoms with van der Waals surface area (Å²) in [6, 6.07) is 0. The Labute approximate surface area is 67.9 Å². The molecule has 0 saturated carbocycles. The Morgan fingerprint density at radius 3 is 2.90 bits per heavy atom. The molecule has 0 radical (unpaired) electrons. The molecule has 0 aliphatic heterocycles. The van der Waals surface area contributed by atoms with Crippen molar-refractivity contribution in [3.8, 4) is 0 Å². The highest BCUT2D eigenvalue weighted by molar-refractivity contribution is 6.25. The zero-order chi connectivity index (χ0) is 7.82. The van der Waals surface area contributed by atoms with Crippen molar-refractivity contribution in [2.45, 2.75) is 26.2 Å². The molecule has 0 spiro atoms. The summed E-state index contributed by atoms with van der Waals surface area (Å²) in [6.45, 7) is 5.67. The molecule has 0 aromatic rings. The molecule has 0 nitrogen and oxygen atoms in total. The van der Waals surface area contributed by atoms with Crippen molar-refractivity contribution in [2.24, 2.45) is 0 Å². The van der Waals surface area contributed by atoms with E-state index in [0.29, 0.717) is 0 Å². The van der Waals surface area contributed by atoms with Gasteiger partial charge in [0.1, 0.15) is 0 Å². The van der Waals surface area contributed by atoms with Crippen LogP contribution in [0.15, 0.2) is 29.5 Å². The van der Waals surface area contributed by atoms with Gasteiger partial charge in [0.25, 0.3) is 0 Å². The molecular weight excluding hydrogens is 144 g/mol. The largest absolute Gasteiger partial charge is 0.110 e. The number of rotatable bonds is 4. The topological polar surface area (TPSA) is 0 Å². The van der Waals surface area contributed by atoms with Crippen LogP contribution in [0.4, 0.5) is 0 Å². The molecule has 0 amide bonds. The fourth-order valence-corrected chi connectivity index (χ4v) is 0.863. The lowest BCUT2D eigenvalue weighted by Crippen LogP contribution is -1.74. The van der Waals surface area contributed by atoms with Gasteiger partial charge in [0.15, 0.2) is 0 Å². The number of halogens is 1. The van der Waals surface area contributed by atoms with E-state index in [9.17, 15) is 0 Å². The lowest BCUT2D eigenvalue weighted by molar-refractivity contribution is 0.835. The van der Waals surface area contributed by atoms with Crippen LogP contribution in [0.2, 0.25) is 0 Å². The van der Waals surface area contributed by atoms with E-state index >= 15 is 0 Å².